The molecule has 2 rings (SSSR count). The highest BCUT2D eigenvalue weighted by Gasteiger charge is 2.58. The van der Waals surface area contributed by atoms with Gasteiger partial charge in [0.25, 0.3) is 0 Å². The van der Waals surface area contributed by atoms with Gasteiger partial charge in [-0.3, -0.25) is 0 Å². The van der Waals surface area contributed by atoms with Crippen molar-refractivity contribution in [2.75, 3.05) is 0 Å². The molecule has 1 aliphatic rings. The van der Waals surface area contributed by atoms with Crippen LogP contribution in [0.25, 0.3) is 0 Å². The highest BCUT2D eigenvalue weighted by atomic mass is 28.3. The maximum atomic E-state index is 10.6. The van der Waals surface area contributed by atoms with Crippen molar-refractivity contribution in [3.8, 4) is 11.5 Å². The second kappa shape index (κ2) is 5.73. The zero-order valence-electron chi connectivity index (χ0n) is 15.2. The van der Waals surface area contributed by atoms with Gasteiger partial charge in [0.2, 0.25) is 0 Å². The summed E-state index contributed by atoms with van der Waals surface area (Å²) >= 11 is 0. The number of hydrogen-bond acceptors (Lipinski definition) is 4. The Balaban J connectivity index is 2.31. The summed E-state index contributed by atoms with van der Waals surface area (Å²) in [5, 5.41) is 23.6. The van der Waals surface area contributed by atoms with Crippen LogP contribution in [0.4, 0.5) is 0 Å². The van der Waals surface area contributed by atoms with Gasteiger partial charge >= 0.3 is 0 Å². The van der Waals surface area contributed by atoms with Crippen molar-refractivity contribution in [2.24, 2.45) is 0 Å². The average Bonchev–Trinajstić information content (AvgIpc) is 2.55. The van der Waals surface area contributed by atoms with Crippen LogP contribution in [0.3, 0.4) is 0 Å². The fraction of sp³-hybridized carbons (Fsp3) is 0.556. The molecule has 0 aliphatic carbocycles. The molecule has 5 heteroatoms. The molecular formula is C18H28N2O2Si. The first-order valence-corrected chi connectivity index (χ1v) is 11.5. The molecule has 0 atom stereocenters. The van der Waals surface area contributed by atoms with Crippen LogP contribution in [-0.4, -0.2) is 39.7 Å². The molecular weight excluding hydrogens is 304 g/mol. The molecule has 0 saturated carbocycles. The molecule has 4 nitrogen and oxygen atoms in total. The first kappa shape index (κ1) is 18.2. The Morgan fingerprint density at radius 2 is 1.35 bits per heavy atom. The van der Waals surface area contributed by atoms with Crippen LogP contribution in [0.1, 0.15) is 45.0 Å². The predicted octanol–water partition coefficient (Wildman–Crippen LogP) is 3.87. The molecule has 1 fully saturated rings. The maximum Gasteiger partial charge on any atom is 0.136 e. The van der Waals surface area contributed by atoms with Gasteiger partial charge in [0.1, 0.15) is 14.2 Å². The van der Waals surface area contributed by atoms with Gasteiger partial charge in [-0.1, -0.05) is 37.7 Å². The van der Waals surface area contributed by atoms with Gasteiger partial charge in [-0.15, -0.1) is 5.54 Å². The summed E-state index contributed by atoms with van der Waals surface area (Å²) < 4.78 is 0. The minimum atomic E-state index is -1.40. The van der Waals surface area contributed by atoms with E-state index < -0.39 is 25.3 Å². The van der Waals surface area contributed by atoms with E-state index in [1.165, 1.54) is 10.1 Å². The van der Waals surface area contributed by atoms with E-state index in [0.717, 1.165) is 11.1 Å². The largest absolute Gasteiger partial charge is 0.311 e. The molecule has 1 heterocycles. The SMILES string of the molecule is CC1(C)N(O)C(c2ccc(C#C[Si](C)(C)C)cc2)N(O)C1(C)C. The molecule has 1 aromatic carbocycles. The summed E-state index contributed by atoms with van der Waals surface area (Å²) in [7, 11) is -1.40. The molecule has 1 saturated heterocycles. The van der Waals surface area contributed by atoms with Crippen molar-refractivity contribution in [1.82, 2.24) is 10.1 Å². The van der Waals surface area contributed by atoms with Crippen molar-refractivity contribution in [2.45, 2.75) is 64.6 Å². The van der Waals surface area contributed by atoms with Gasteiger partial charge in [-0.25, -0.2) is 0 Å². The smallest absolute Gasteiger partial charge is 0.136 e. The van der Waals surface area contributed by atoms with Crippen LogP contribution in [0.2, 0.25) is 19.6 Å². The van der Waals surface area contributed by atoms with Gasteiger partial charge < -0.3 is 10.4 Å². The minimum Gasteiger partial charge on any atom is -0.311 e. The van der Waals surface area contributed by atoms with E-state index in [-0.39, 0.29) is 0 Å². The average molecular weight is 333 g/mol. The van der Waals surface area contributed by atoms with Gasteiger partial charge in [0, 0.05) is 5.56 Å². The third-order valence-corrected chi connectivity index (χ3v) is 5.77. The first-order valence-electron chi connectivity index (χ1n) is 7.97. The van der Waals surface area contributed by atoms with E-state index in [9.17, 15) is 10.4 Å². The number of benzene rings is 1. The van der Waals surface area contributed by atoms with Crippen molar-refractivity contribution in [3.63, 3.8) is 0 Å². The summed E-state index contributed by atoms with van der Waals surface area (Å²) in [5.41, 5.74) is 3.98. The third kappa shape index (κ3) is 3.23. The lowest BCUT2D eigenvalue weighted by Gasteiger charge is -2.37. The number of hydrogen-bond donors (Lipinski definition) is 2. The molecule has 1 aliphatic heterocycles. The fourth-order valence-corrected chi connectivity index (χ4v) is 3.08. The Kier molecular flexibility index (Phi) is 4.53. The third-order valence-electron chi connectivity index (χ3n) is 4.90. The lowest BCUT2D eigenvalue weighted by molar-refractivity contribution is -0.223. The van der Waals surface area contributed by atoms with Crippen LogP contribution in [-0.2, 0) is 0 Å². The van der Waals surface area contributed by atoms with Crippen molar-refractivity contribution < 1.29 is 10.4 Å². The predicted molar refractivity (Wildman–Crippen MR) is 94.8 cm³/mol. The molecule has 0 radical (unpaired) electrons. The summed E-state index contributed by atoms with van der Waals surface area (Å²) in [6, 6.07) is 7.73. The Bertz CT molecular complexity index is 616. The molecule has 0 spiro atoms. The van der Waals surface area contributed by atoms with Crippen molar-refractivity contribution >= 4 is 8.07 Å². The van der Waals surface area contributed by atoms with E-state index in [0.29, 0.717) is 0 Å². The molecule has 0 aromatic heterocycles. The van der Waals surface area contributed by atoms with E-state index in [2.05, 4.69) is 31.1 Å². The highest BCUT2D eigenvalue weighted by molar-refractivity contribution is 6.83. The van der Waals surface area contributed by atoms with E-state index in [4.69, 9.17) is 0 Å². The molecule has 0 amide bonds. The Hall–Kier alpha value is -1.16. The van der Waals surface area contributed by atoms with Crippen LogP contribution < -0.4 is 0 Å². The summed E-state index contributed by atoms with van der Waals surface area (Å²) in [5.74, 6) is 3.22. The Morgan fingerprint density at radius 1 is 0.913 bits per heavy atom. The standard InChI is InChI=1S/C18H28N2O2Si/c1-17(2)18(3,4)20(22)16(19(17)21)15-10-8-14(9-11-15)12-13-23(5,6)7/h8-11,16,21-22H,1-7H3. The number of nitrogens with zero attached hydrogens (tertiary/aromatic N) is 2. The maximum absolute atomic E-state index is 10.6. The molecule has 2 N–H and O–H groups in total. The van der Waals surface area contributed by atoms with Crippen LogP contribution in [0.15, 0.2) is 24.3 Å². The molecule has 0 bridgehead atoms. The summed E-state index contributed by atoms with van der Waals surface area (Å²) in [6.07, 6.45) is -0.584. The second-order valence-electron chi connectivity index (χ2n) is 8.30. The highest BCUT2D eigenvalue weighted by Crippen LogP contribution is 2.47. The fourth-order valence-electron chi connectivity index (χ4n) is 2.56. The quantitative estimate of drug-likeness (QED) is 0.605. The van der Waals surface area contributed by atoms with Crippen molar-refractivity contribution in [1.29, 1.82) is 0 Å². The van der Waals surface area contributed by atoms with Crippen LogP contribution in [0, 0.1) is 11.5 Å². The summed E-state index contributed by atoms with van der Waals surface area (Å²) in [6.45, 7) is 14.3. The topological polar surface area (TPSA) is 46.9 Å². The normalized spacial score (nSPS) is 22.0. The second-order valence-corrected chi connectivity index (χ2v) is 13.1. The Labute approximate surface area is 140 Å². The van der Waals surface area contributed by atoms with Gasteiger partial charge in [-0.05, 0) is 45.4 Å². The molecule has 126 valence electrons. The van der Waals surface area contributed by atoms with E-state index >= 15 is 0 Å². The number of hydroxylamine groups is 4. The van der Waals surface area contributed by atoms with Gasteiger partial charge in [-0.2, -0.15) is 10.1 Å². The first-order chi connectivity index (χ1) is 10.4. The van der Waals surface area contributed by atoms with Crippen LogP contribution >= 0.6 is 0 Å². The Morgan fingerprint density at radius 3 is 1.74 bits per heavy atom. The zero-order valence-corrected chi connectivity index (χ0v) is 16.2. The minimum absolute atomic E-state index is 0.581. The molecule has 23 heavy (non-hydrogen) atoms. The molecule has 0 unspecified atom stereocenters. The van der Waals surface area contributed by atoms with Gasteiger partial charge in [0.15, 0.2) is 0 Å². The van der Waals surface area contributed by atoms with Crippen molar-refractivity contribution in [3.05, 3.63) is 35.4 Å². The lowest BCUT2D eigenvalue weighted by Crippen LogP contribution is -2.52. The van der Waals surface area contributed by atoms with E-state index in [1.54, 1.807) is 0 Å². The lowest BCUT2D eigenvalue weighted by atomic mass is 9.84. The van der Waals surface area contributed by atoms with Gasteiger partial charge in [0.05, 0.1) is 11.1 Å². The molecule has 1 aromatic rings. The summed E-state index contributed by atoms with van der Waals surface area (Å²) in [4.78, 5) is 0. The van der Waals surface area contributed by atoms with Crippen LogP contribution in [0.5, 0.6) is 0 Å². The monoisotopic (exact) mass is 332 g/mol. The number of rotatable bonds is 1. The van der Waals surface area contributed by atoms with E-state index in [1.807, 2.05) is 52.0 Å². The zero-order chi connectivity index (χ0) is 17.6.